The Labute approximate surface area is 156 Å². The molecule has 1 heterocycles. The minimum absolute atomic E-state index is 0.0547. The van der Waals surface area contributed by atoms with Gasteiger partial charge in [-0.15, -0.1) is 0 Å². The van der Waals surface area contributed by atoms with Crippen LogP contribution in [-0.4, -0.2) is 17.5 Å². The van der Waals surface area contributed by atoms with E-state index in [4.69, 9.17) is 27.9 Å². The summed E-state index contributed by atoms with van der Waals surface area (Å²) in [6, 6.07) is 5.26. The van der Waals surface area contributed by atoms with E-state index in [1.165, 1.54) is 6.07 Å². The number of benzene rings is 1. The van der Waals surface area contributed by atoms with E-state index < -0.39 is 28.9 Å². The zero-order chi connectivity index (χ0) is 19.3. The number of H-pyrrole nitrogens is 1. The van der Waals surface area contributed by atoms with Gasteiger partial charge in [-0.1, -0.05) is 23.2 Å². The maximum Gasteiger partial charge on any atom is 0.417 e. The molecule has 0 saturated heterocycles. The largest absolute Gasteiger partial charge is 0.492 e. The fourth-order valence-corrected chi connectivity index (χ4v) is 2.42. The molecule has 1 aromatic heterocycles. The Hall–Kier alpha value is -2.19. The van der Waals surface area contributed by atoms with Crippen molar-refractivity contribution in [1.29, 1.82) is 0 Å². The van der Waals surface area contributed by atoms with Gasteiger partial charge >= 0.3 is 6.18 Å². The lowest BCUT2D eigenvalue weighted by Crippen LogP contribution is -2.21. The zero-order valence-electron chi connectivity index (χ0n) is 13.1. The second kappa shape index (κ2) is 8.46. The quantitative estimate of drug-likeness (QED) is 0.691. The van der Waals surface area contributed by atoms with Gasteiger partial charge in [0.25, 0.3) is 5.56 Å². The molecule has 0 atom stereocenters. The van der Waals surface area contributed by atoms with Crippen molar-refractivity contribution in [3.63, 3.8) is 0 Å². The number of hydrogen-bond acceptors (Lipinski definition) is 3. The molecule has 0 aliphatic heterocycles. The molecular formula is C16H13Cl2F3N2O3. The number of hydrogen-bond donors (Lipinski definition) is 2. The third kappa shape index (κ3) is 5.67. The van der Waals surface area contributed by atoms with Crippen molar-refractivity contribution in [2.24, 2.45) is 0 Å². The summed E-state index contributed by atoms with van der Waals surface area (Å²) in [5.74, 6) is -0.216. The monoisotopic (exact) mass is 408 g/mol. The van der Waals surface area contributed by atoms with Crippen molar-refractivity contribution in [2.45, 2.75) is 19.0 Å². The van der Waals surface area contributed by atoms with Crippen LogP contribution in [0, 0.1) is 0 Å². The highest BCUT2D eigenvalue weighted by molar-refractivity contribution is 6.35. The van der Waals surface area contributed by atoms with E-state index in [0.717, 1.165) is 0 Å². The van der Waals surface area contributed by atoms with E-state index in [1.54, 1.807) is 12.1 Å². The predicted molar refractivity (Wildman–Crippen MR) is 91.9 cm³/mol. The Morgan fingerprint density at radius 1 is 1.23 bits per heavy atom. The van der Waals surface area contributed by atoms with Gasteiger partial charge in [0.1, 0.15) is 11.4 Å². The minimum Gasteiger partial charge on any atom is -0.492 e. The van der Waals surface area contributed by atoms with Crippen molar-refractivity contribution in [2.75, 3.05) is 11.9 Å². The van der Waals surface area contributed by atoms with Crippen LogP contribution in [0.25, 0.3) is 0 Å². The summed E-state index contributed by atoms with van der Waals surface area (Å²) in [5, 5.41) is 2.93. The van der Waals surface area contributed by atoms with Gasteiger partial charge in [0.05, 0.1) is 17.2 Å². The molecule has 140 valence electrons. The van der Waals surface area contributed by atoms with Gasteiger partial charge in [-0.3, -0.25) is 9.59 Å². The van der Waals surface area contributed by atoms with Crippen LogP contribution < -0.4 is 15.6 Å². The minimum atomic E-state index is -4.63. The van der Waals surface area contributed by atoms with Crippen LogP contribution in [0.1, 0.15) is 18.4 Å². The summed E-state index contributed by atoms with van der Waals surface area (Å²) >= 11 is 11.7. The number of pyridine rings is 1. The van der Waals surface area contributed by atoms with E-state index in [1.807, 2.05) is 4.98 Å². The van der Waals surface area contributed by atoms with Gasteiger partial charge in [0.15, 0.2) is 0 Å². The molecule has 2 aromatic rings. The van der Waals surface area contributed by atoms with Gasteiger partial charge in [-0.2, -0.15) is 13.2 Å². The van der Waals surface area contributed by atoms with Gasteiger partial charge in [0.2, 0.25) is 5.91 Å². The third-order valence-electron chi connectivity index (χ3n) is 3.20. The van der Waals surface area contributed by atoms with Gasteiger partial charge in [-0.25, -0.2) is 0 Å². The average Bonchev–Trinajstić information content (AvgIpc) is 2.54. The molecule has 0 radical (unpaired) electrons. The molecule has 26 heavy (non-hydrogen) atoms. The lowest BCUT2D eigenvalue weighted by Gasteiger charge is -2.10. The van der Waals surface area contributed by atoms with Crippen molar-refractivity contribution in [1.82, 2.24) is 4.98 Å². The molecule has 0 bridgehead atoms. The molecule has 1 amide bonds. The SMILES string of the molecule is O=C(CCCOc1ccc(Cl)cc1Cl)Nc1cc(C(F)(F)F)c[nH]c1=O. The maximum absolute atomic E-state index is 12.6. The van der Waals surface area contributed by atoms with E-state index in [2.05, 4.69) is 5.32 Å². The van der Waals surface area contributed by atoms with E-state index in [0.29, 0.717) is 28.1 Å². The molecule has 2 N–H and O–H groups in total. The number of nitrogens with one attached hydrogen (secondary N) is 2. The van der Waals surface area contributed by atoms with Crippen molar-refractivity contribution in [3.05, 3.63) is 56.4 Å². The number of rotatable bonds is 6. The standard InChI is InChI=1S/C16H13Cl2F3N2O3/c17-10-3-4-13(11(18)7-10)26-5-1-2-14(24)23-12-6-9(16(19,20)21)8-22-15(12)25/h3-4,6-8H,1-2,5H2,(H,22,25)(H,23,24). The predicted octanol–water partition coefficient (Wildman–Crippen LogP) is 4.50. The smallest absolute Gasteiger partial charge is 0.417 e. The number of aromatic amines is 1. The highest BCUT2D eigenvalue weighted by Gasteiger charge is 2.31. The Bertz CT molecular complexity index is 853. The van der Waals surface area contributed by atoms with Gasteiger partial charge in [-0.05, 0) is 30.7 Å². The normalized spacial score (nSPS) is 11.3. The number of aromatic nitrogens is 1. The molecule has 0 spiro atoms. The van der Waals surface area contributed by atoms with Crippen LogP contribution in [0.3, 0.4) is 0 Å². The Balaban J connectivity index is 1.86. The highest BCUT2D eigenvalue weighted by atomic mass is 35.5. The molecule has 5 nitrogen and oxygen atoms in total. The second-order valence-electron chi connectivity index (χ2n) is 5.20. The van der Waals surface area contributed by atoms with E-state index in [9.17, 15) is 22.8 Å². The molecule has 10 heteroatoms. The number of ether oxygens (including phenoxy) is 1. The first-order valence-electron chi connectivity index (χ1n) is 7.34. The molecule has 0 saturated carbocycles. The van der Waals surface area contributed by atoms with Crippen LogP contribution in [-0.2, 0) is 11.0 Å². The number of carbonyl (C=O) groups is 1. The average molecular weight is 409 g/mol. The van der Waals surface area contributed by atoms with E-state index in [-0.39, 0.29) is 19.4 Å². The lowest BCUT2D eigenvalue weighted by molar-refractivity contribution is -0.137. The lowest BCUT2D eigenvalue weighted by atomic mass is 10.2. The summed E-state index contributed by atoms with van der Waals surface area (Å²) < 4.78 is 43.3. The first-order chi connectivity index (χ1) is 12.2. The molecule has 0 unspecified atom stereocenters. The summed E-state index contributed by atoms with van der Waals surface area (Å²) in [6.07, 6.45) is -3.88. The maximum atomic E-state index is 12.6. The Kier molecular flexibility index (Phi) is 6.55. The summed E-state index contributed by atoms with van der Waals surface area (Å²) in [7, 11) is 0. The van der Waals surface area contributed by atoms with E-state index >= 15 is 0 Å². The molecular weight excluding hydrogens is 396 g/mol. The van der Waals surface area contributed by atoms with Crippen LogP contribution in [0.4, 0.5) is 18.9 Å². The number of alkyl halides is 3. The fourth-order valence-electron chi connectivity index (χ4n) is 1.96. The zero-order valence-corrected chi connectivity index (χ0v) is 14.6. The molecule has 0 fully saturated rings. The Morgan fingerprint density at radius 2 is 1.96 bits per heavy atom. The number of carbonyl (C=O) groups excluding carboxylic acids is 1. The first kappa shape index (κ1) is 20.1. The van der Waals surface area contributed by atoms with Crippen LogP contribution in [0.15, 0.2) is 35.3 Å². The topological polar surface area (TPSA) is 71.2 Å². The number of anilines is 1. The van der Waals surface area contributed by atoms with Crippen molar-refractivity contribution < 1.29 is 22.7 Å². The third-order valence-corrected chi connectivity index (χ3v) is 3.73. The number of amides is 1. The van der Waals surface area contributed by atoms with Gasteiger partial charge in [0, 0.05) is 17.6 Å². The van der Waals surface area contributed by atoms with Crippen LogP contribution >= 0.6 is 23.2 Å². The van der Waals surface area contributed by atoms with Gasteiger partial charge < -0.3 is 15.0 Å². The Morgan fingerprint density at radius 3 is 2.62 bits per heavy atom. The summed E-state index contributed by atoms with van der Waals surface area (Å²) in [6.45, 7) is 0.147. The fraction of sp³-hybridized carbons (Fsp3) is 0.250. The second-order valence-corrected chi connectivity index (χ2v) is 6.05. The van der Waals surface area contributed by atoms with Crippen LogP contribution in [0.2, 0.25) is 10.0 Å². The van der Waals surface area contributed by atoms with Crippen LogP contribution in [0.5, 0.6) is 5.75 Å². The molecule has 1 aromatic carbocycles. The molecule has 0 aliphatic carbocycles. The summed E-state index contributed by atoms with van der Waals surface area (Å²) in [5.41, 5.74) is -2.35. The molecule has 2 rings (SSSR count). The summed E-state index contributed by atoms with van der Waals surface area (Å²) in [4.78, 5) is 25.3. The molecule has 0 aliphatic rings. The highest BCUT2D eigenvalue weighted by Crippen LogP contribution is 2.29. The first-order valence-corrected chi connectivity index (χ1v) is 8.10. The van der Waals surface area contributed by atoms with Crippen molar-refractivity contribution >= 4 is 34.8 Å². The number of halogens is 5. The van der Waals surface area contributed by atoms with Crippen molar-refractivity contribution in [3.8, 4) is 5.75 Å².